The van der Waals surface area contributed by atoms with Gasteiger partial charge in [0, 0.05) is 28.6 Å². The van der Waals surface area contributed by atoms with Crippen molar-refractivity contribution >= 4 is 51.7 Å². The molecule has 3 heterocycles. The zero-order valence-electron chi connectivity index (χ0n) is 23.8. The molecule has 0 bridgehead atoms. The lowest BCUT2D eigenvalue weighted by Gasteiger charge is -2.30. The normalized spacial score (nSPS) is 14.6. The van der Waals surface area contributed by atoms with E-state index in [2.05, 4.69) is 47.1 Å². The fourth-order valence-corrected chi connectivity index (χ4v) is 6.01. The number of benzene rings is 4. The number of fused-ring (bicyclic) bond motifs is 2. The van der Waals surface area contributed by atoms with Crippen molar-refractivity contribution in [2.75, 3.05) is 9.80 Å². The van der Waals surface area contributed by atoms with Gasteiger partial charge < -0.3 is 0 Å². The fourth-order valence-electron chi connectivity index (χ4n) is 5.84. The van der Waals surface area contributed by atoms with Crippen LogP contribution in [0.4, 0.5) is 23.0 Å². The quantitative estimate of drug-likeness (QED) is 0.199. The van der Waals surface area contributed by atoms with E-state index in [1.54, 1.807) is 4.68 Å². The van der Waals surface area contributed by atoms with Crippen molar-refractivity contribution in [1.82, 2.24) is 19.3 Å². The maximum atomic E-state index is 13.9. The fraction of sp³-hybridized carbons (Fsp3) is 0.114. The minimum Gasteiger partial charge on any atom is -0.298 e. The number of aromatic nitrogens is 4. The van der Waals surface area contributed by atoms with Crippen LogP contribution >= 0.6 is 11.6 Å². The summed E-state index contributed by atoms with van der Waals surface area (Å²) in [6.07, 6.45) is 3.66. The molecule has 212 valence electrons. The second-order valence-electron chi connectivity index (χ2n) is 10.4. The number of anilines is 4. The van der Waals surface area contributed by atoms with Crippen LogP contribution < -0.4 is 15.4 Å². The first-order chi connectivity index (χ1) is 21.0. The Labute approximate surface area is 254 Å². The molecule has 4 aromatic carbocycles. The molecule has 0 spiro atoms. The van der Waals surface area contributed by atoms with Gasteiger partial charge in [0.2, 0.25) is 0 Å². The third-order valence-electron chi connectivity index (χ3n) is 7.82. The summed E-state index contributed by atoms with van der Waals surface area (Å²) in [5.41, 5.74) is 5.70. The molecular weight excluding hydrogens is 556 g/mol. The number of hydrogen-bond acceptors (Lipinski definition) is 5. The van der Waals surface area contributed by atoms with Gasteiger partial charge in [-0.3, -0.25) is 19.3 Å². The molecule has 43 heavy (non-hydrogen) atoms. The van der Waals surface area contributed by atoms with Crippen LogP contribution in [-0.2, 0) is 6.54 Å². The van der Waals surface area contributed by atoms with Crippen molar-refractivity contribution in [3.05, 3.63) is 142 Å². The van der Waals surface area contributed by atoms with Crippen molar-refractivity contribution < 1.29 is 0 Å². The molecule has 0 fully saturated rings. The van der Waals surface area contributed by atoms with E-state index in [1.807, 2.05) is 103 Å². The Hall–Kier alpha value is -5.14. The van der Waals surface area contributed by atoms with Crippen LogP contribution in [0.15, 0.2) is 120 Å². The summed E-state index contributed by atoms with van der Waals surface area (Å²) in [6, 6.07) is 35.6. The molecule has 0 N–H and O–H groups in total. The van der Waals surface area contributed by atoms with Gasteiger partial charge >= 0.3 is 0 Å². The second kappa shape index (κ2) is 10.9. The minimum absolute atomic E-state index is 0.0635. The van der Waals surface area contributed by atoms with Gasteiger partial charge in [0.15, 0.2) is 11.6 Å². The second-order valence-corrected chi connectivity index (χ2v) is 10.8. The van der Waals surface area contributed by atoms with Crippen molar-refractivity contribution in [3.63, 3.8) is 0 Å². The van der Waals surface area contributed by atoms with Crippen molar-refractivity contribution in [2.24, 2.45) is 0 Å². The summed E-state index contributed by atoms with van der Waals surface area (Å²) in [5.74, 6) is 1.44. The molecule has 7 nitrogen and oxygen atoms in total. The highest BCUT2D eigenvalue weighted by Crippen LogP contribution is 2.46. The largest absolute Gasteiger partial charge is 0.298 e. The van der Waals surface area contributed by atoms with Crippen LogP contribution in [-0.4, -0.2) is 25.5 Å². The third-order valence-corrected chi connectivity index (χ3v) is 8.06. The minimum atomic E-state index is -0.360. The van der Waals surface area contributed by atoms with Crippen LogP contribution in [0.2, 0.25) is 5.02 Å². The van der Waals surface area contributed by atoms with E-state index in [9.17, 15) is 4.79 Å². The topological polar surface area (TPSA) is 59.2 Å². The predicted molar refractivity (Wildman–Crippen MR) is 175 cm³/mol. The lowest BCUT2D eigenvalue weighted by atomic mass is 10.2. The molecule has 0 amide bonds. The van der Waals surface area contributed by atoms with Gasteiger partial charge in [0.25, 0.3) is 5.56 Å². The van der Waals surface area contributed by atoms with Crippen LogP contribution in [0.25, 0.3) is 22.8 Å². The summed E-state index contributed by atoms with van der Waals surface area (Å²) in [5, 5.41) is 0.605. The molecule has 0 saturated carbocycles. The van der Waals surface area contributed by atoms with E-state index < -0.39 is 0 Å². The molecule has 0 radical (unpaired) electrons. The Balaban J connectivity index is 1.44. The van der Waals surface area contributed by atoms with E-state index in [0.29, 0.717) is 28.5 Å². The summed E-state index contributed by atoms with van der Waals surface area (Å²) in [4.78, 5) is 28.4. The summed E-state index contributed by atoms with van der Waals surface area (Å²) < 4.78 is 3.77. The zero-order valence-corrected chi connectivity index (χ0v) is 24.6. The van der Waals surface area contributed by atoms with E-state index >= 15 is 0 Å². The first kappa shape index (κ1) is 26.7. The first-order valence-electron chi connectivity index (χ1n) is 14.3. The molecule has 0 aliphatic carbocycles. The first-order valence-corrected chi connectivity index (χ1v) is 14.6. The number of rotatable bonds is 6. The number of halogens is 1. The van der Waals surface area contributed by atoms with E-state index in [4.69, 9.17) is 21.6 Å². The highest BCUT2D eigenvalue weighted by Gasteiger charge is 2.39. The highest BCUT2D eigenvalue weighted by atomic mass is 35.5. The summed E-state index contributed by atoms with van der Waals surface area (Å²) in [6.45, 7) is 4.71. The lowest BCUT2D eigenvalue weighted by Crippen LogP contribution is -2.36. The van der Waals surface area contributed by atoms with E-state index in [0.717, 1.165) is 34.1 Å². The Bertz CT molecular complexity index is 2020. The summed E-state index contributed by atoms with van der Waals surface area (Å²) in [7, 11) is 0. The van der Waals surface area contributed by atoms with Crippen molar-refractivity contribution in [2.45, 2.75) is 26.6 Å². The zero-order chi connectivity index (χ0) is 29.5. The average Bonchev–Trinajstić information content (AvgIpc) is 3.48. The van der Waals surface area contributed by atoms with Gasteiger partial charge in [0.1, 0.15) is 6.17 Å². The molecular formula is C35H29ClN6O. The van der Waals surface area contributed by atoms with Gasteiger partial charge in [0.05, 0.1) is 22.3 Å². The Morgan fingerprint density at radius 1 is 0.744 bits per heavy atom. The Morgan fingerprint density at radius 3 is 1.84 bits per heavy atom. The van der Waals surface area contributed by atoms with Gasteiger partial charge in [-0.2, -0.15) is 0 Å². The molecule has 6 aromatic rings. The molecule has 7 rings (SSSR count). The standard InChI is InChI=1S/C35H29ClN6O/c1-3-39-24(2)29(35(43)42(39)28-17-11-6-12-18-28)20-22-32-40(26-13-7-4-8-14-26)33-34(41(32)27-15-9-5-10-16-27)38-31-23-25(36)19-21-30(31)37-33/h4-23,32H,3H2,1-2H3. The van der Waals surface area contributed by atoms with Crippen molar-refractivity contribution in [1.29, 1.82) is 0 Å². The number of hydrogen-bond donors (Lipinski definition) is 0. The SMILES string of the molecule is CCn1c(C)c(C=CC2N(c3ccccc3)c3nc4ccc(Cl)cc4nc3N2c2ccccc2)c(=O)n1-c1ccccc1. The Morgan fingerprint density at radius 2 is 1.28 bits per heavy atom. The molecule has 0 saturated heterocycles. The summed E-state index contributed by atoms with van der Waals surface area (Å²) >= 11 is 6.36. The molecule has 1 unspecified atom stereocenters. The van der Waals surface area contributed by atoms with Crippen LogP contribution in [0.1, 0.15) is 18.2 Å². The Kier molecular flexibility index (Phi) is 6.80. The van der Waals surface area contributed by atoms with Crippen molar-refractivity contribution in [3.8, 4) is 5.69 Å². The molecule has 1 aliphatic heterocycles. The van der Waals surface area contributed by atoms with E-state index in [1.165, 1.54) is 0 Å². The van der Waals surface area contributed by atoms with Crippen LogP contribution in [0, 0.1) is 6.92 Å². The maximum Gasteiger partial charge on any atom is 0.278 e. The number of nitrogens with zero attached hydrogens (tertiary/aromatic N) is 6. The third kappa shape index (κ3) is 4.58. The van der Waals surface area contributed by atoms with Gasteiger partial charge in [-0.05, 0) is 80.6 Å². The molecule has 1 aliphatic rings. The van der Waals surface area contributed by atoms with Crippen LogP contribution in [0.5, 0.6) is 0 Å². The van der Waals surface area contributed by atoms with E-state index in [-0.39, 0.29) is 11.7 Å². The predicted octanol–water partition coefficient (Wildman–Crippen LogP) is 7.89. The number of para-hydroxylation sites is 3. The highest BCUT2D eigenvalue weighted by molar-refractivity contribution is 6.31. The van der Waals surface area contributed by atoms with Gasteiger partial charge in [-0.1, -0.05) is 66.2 Å². The van der Waals surface area contributed by atoms with Gasteiger partial charge in [-0.15, -0.1) is 0 Å². The van der Waals surface area contributed by atoms with Gasteiger partial charge in [-0.25, -0.2) is 14.6 Å². The maximum absolute atomic E-state index is 13.9. The average molecular weight is 585 g/mol. The smallest absolute Gasteiger partial charge is 0.278 e. The monoisotopic (exact) mass is 584 g/mol. The molecule has 2 aromatic heterocycles. The van der Waals surface area contributed by atoms with Crippen LogP contribution in [0.3, 0.4) is 0 Å². The lowest BCUT2D eigenvalue weighted by molar-refractivity contribution is 0.559. The molecule has 8 heteroatoms. The molecule has 1 atom stereocenters.